The maximum Gasteiger partial charge on any atom is 0.191 e. The van der Waals surface area contributed by atoms with Gasteiger partial charge in [-0.1, -0.05) is 36.4 Å². The molecule has 4 heteroatoms. The van der Waals surface area contributed by atoms with Crippen LogP contribution in [0.5, 0.6) is 0 Å². The number of aliphatic imine (C=N–C) groups is 1. The van der Waals surface area contributed by atoms with Gasteiger partial charge in [-0.25, -0.2) is 0 Å². The monoisotopic (exact) mass is 308 g/mol. The minimum atomic E-state index is 0.393. The lowest BCUT2D eigenvalue weighted by Crippen LogP contribution is -2.40. The highest BCUT2D eigenvalue weighted by Crippen LogP contribution is 2.47. The van der Waals surface area contributed by atoms with Gasteiger partial charge in [0.05, 0.1) is 12.2 Å². The molecule has 23 heavy (non-hydrogen) atoms. The number of hydrogen-bond acceptors (Lipinski definition) is 2. The molecule has 1 heterocycles. The number of rotatable bonds is 6. The molecule has 2 aromatic rings. The Hall–Kier alpha value is -2.36. The van der Waals surface area contributed by atoms with Crippen molar-refractivity contribution in [2.75, 3.05) is 13.6 Å². The first-order valence-electron chi connectivity index (χ1n) is 8.18. The molecule has 2 N–H and O–H groups in total. The summed E-state index contributed by atoms with van der Waals surface area (Å²) in [5.74, 6) is 0.843. The van der Waals surface area contributed by atoms with Crippen LogP contribution in [0.3, 0.4) is 0 Å². The minimum absolute atomic E-state index is 0.393. The van der Waals surface area contributed by atoms with Gasteiger partial charge < -0.3 is 10.6 Å². The number of benzene rings is 1. The molecule has 0 bridgehead atoms. The van der Waals surface area contributed by atoms with Gasteiger partial charge in [0, 0.05) is 19.8 Å². The van der Waals surface area contributed by atoms with Gasteiger partial charge in [0.25, 0.3) is 0 Å². The minimum Gasteiger partial charge on any atom is -0.356 e. The molecule has 0 atom stereocenters. The van der Waals surface area contributed by atoms with Crippen LogP contribution in [-0.2, 0) is 13.0 Å². The number of hydrogen-bond donors (Lipinski definition) is 2. The van der Waals surface area contributed by atoms with E-state index in [9.17, 15) is 0 Å². The Balaban J connectivity index is 1.48. The topological polar surface area (TPSA) is 49.3 Å². The van der Waals surface area contributed by atoms with Crippen LogP contribution in [0, 0.1) is 5.41 Å². The van der Waals surface area contributed by atoms with Crippen LogP contribution in [0.4, 0.5) is 0 Å². The predicted molar refractivity (Wildman–Crippen MR) is 94.3 cm³/mol. The zero-order valence-corrected chi connectivity index (χ0v) is 13.6. The smallest absolute Gasteiger partial charge is 0.191 e. The van der Waals surface area contributed by atoms with E-state index < -0.39 is 0 Å². The van der Waals surface area contributed by atoms with Crippen LogP contribution >= 0.6 is 0 Å². The molecule has 1 aromatic heterocycles. The maximum atomic E-state index is 4.32. The van der Waals surface area contributed by atoms with Gasteiger partial charge in [0.15, 0.2) is 5.96 Å². The highest BCUT2D eigenvalue weighted by molar-refractivity contribution is 5.79. The number of aromatic nitrogens is 1. The second kappa shape index (κ2) is 7.27. The van der Waals surface area contributed by atoms with Gasteiger partial charge in [-0.3, -0.25) is 9.98 Å². The SMILES string of the molecule is CN=C(NCc1ccccn1)NCC1(Cc2ccccc2)CC1. The molecule has 0 spiro atoms. The molecule has 0 aliphatic heterocycles. The van der Waals surface area contributed by atoms with E-state index >= 15 is 0 Å². The zero-order chi connectivity index (χ0) is 16.0. The second-order valence-corrected chi connectivity index (χ2v) is 6.26. The van der Waals surface area contributed by atoms with E-state index in [1.54, 1.807) is 0 Å². The molecule has 0 radical (unpaired) electrons. The van der Waals surface area contributed by atoms with Gasteiger partial charge in [0.2, 0.25) is 0 Å². The first-order chi connectivity index (χ1) is 11.3. The summed E-state index contributed by atoms with van der Waals surface area (Å²) in [6, 6.07) is 16.7. The molecule has 1 aromatic carbocycles. The highest BCUT2D eigenvalue weighted by atomic mass is 15.2. The maximum absolute atomic E-state index is 4.32. The molecule has 4 nitrogen and oxygen atoms in total. The second-order valence-electron chi connectivity index (χ2n) is 6.26. The Morgan fingerprint density at radius 3 is 2.52 bits per heavy atom. The number of nitrogens with zero attached hydrogens (tertiary/aromatic N) is 2. The standard InChI is InChI=1S/C19H24N4/c1-20-18(22-14-17-9-5-6-12-21-17)23-15-19(10-11-19)13-16-7-3-2-4-8-16/h2-9,12H,10-11,13-15H2,1H3,(H2,20,22,23). The number of pyridine rings is 1. The lowest BCUT2D eigenvalue weighted by molar-refractivity contribution is 0.492. The molecule has 1 fully saturated rings. The normalized spacial score (nSPS) is 16.0. The summed E-state index contributed by atoms with van der Waals surface area (Å²) in [5.41, 5.74) is 2.83. The largest absolute Gasteiger partial charge is 0.356 e. The first kappa shape index (κ1) is 15.5. The summed E-state index contributed by atoms with van der Waals surface area (Å²) in [4.78, 5) is 8.62. The van der Waals surface area contributed by atoms with Crippen LogP contribution < -0.4 is 10.6 Å². The van der Waals surface area contributed by atoms with Gasteiger partial charge in [0.1, 0.15) is 0 Å². The molecule has 1 saturated carbocycles. The van der Waals surface area contributed by atoms with Gasteiger partial charge in [-0.15, -0.1) is 0 Å². The quantitative estimate of drug-likeness (QED) is 0.637. The summed E-state index contributed by atoms with van der Waals surface area (Å²) in [6.07, 6.45) is 5.52. The van der Waals surface area contributed by atoms with Crippen molar-refractivity contribution in [3.63, 3.8) is 0 Å². The van der Waals surface area contributed by atoms with E-state index in [4.69, 9.17) is 0 Å². The Bertz CT molecular complexity index is 633. The molecule has 0 amide bonds. The fourth-order valence-electron chi connectivity index (χ4n) is 2.79. The van der Waals surface area contributed by atoms with Gasteiger partial charge in [-0.05, 0) is 42.4 Å². The molecule has 120 valence electrons. The summed E-state index contributed by atoms with van der Waals surface area (Å²) < 4.78 is 0. The van der Waals surface area contributed by atoms with E-state index in [-0.39, 0.29) is 0 Å². The summed E-state index contributed by atoms with van der Waals surface area (Å²) in [7, 11) is 1.81. The van der Waals surface area contributed by atoms with E-state index in [2.05, 4.69) is 50.9 Å². The van der Waals surface area contributed by atoms with Crippen molar-refractivity contribution in [2.24, 2.45) is 10.4 Å². The Kier molecular flexibility index (Phi) is 4.91. The molecular formula is C19H24N4. The summed E-state index contributed by atoms with van der Waals surface area (Å²) in [6.45, 7) is 1.65. The van der Waals surface area contributed by atoms with E-state index in [1.165, 1.54) is 18.4 Å². The van der Waals surface area contributed by atoms with E-state index in [0.29, 0.717) is 12.0 Å². The summed E-state index contributed by atoms with van der Waals surface area (Å²) >= 11 is 0. The molecule has 1 aliphatic rings. The third-order valence-electron chi connectivity index (χ3n) is 4.40. The molecule has 1 aliphatic carbocycles. The third kappa shape index (κ3) is 4.55. The third-order valence-corrected chi connectivity index (χ3v) is 4.40. The van der Waals surface area contributed by atoms with E-state index in [1.807, 2.05) is 31.4 Å². The van der Waals surface area contributed by atoms with Crippen molar-refractivity contribution >= 4 is 5.96 Å². The lowest BCUT2D eigenvalue weighted by atomic mass is 9.96. The number of nitrogens with one attached hydrogen (secondary N) is 2. The Labute approximate surface area is 138 Å². The highest BCUT2D eigenvalue weighted by Gasteiger charge is 2.42. The fraction of sp³-hybridized carbons (Fsp3) is 0.368. The van der Waals surface area contributed by atoms with Gasteiger partial charge >= 0.3 is 0 Å². The van der Waals surface area contributed by atoms with Crippen molar-refractivity contribution < 1.29 is 0 Å². The van der Waals surface area contributed by atoms with Gasteiger partial charge in [-0.2, -0.15) is 0 Å². The van der Waals surface area contributed by atoms with Crippen molar-refractivity contribution in [3.8, 4) is 0 Å². The molecule has 0 unspecified atom stereocenters. The predicted octanol–water partition coefficient (Wildman–Crippen LogP) is 2.77. The van der Waals surface area contributed by atoms with E-state index in [0.717, 1.165) is 24.6 Å². The van der Waals surface area contributed by atoms with Crippen LogP contribution in [-0.4, -0.2) is 24.5 Å². The first-order valence-corrected chi connectivity index (χ1v) is 8.18. The van der Waals surface area contributed by atoms with Crippen molar-refractivity contribution in [3.05, 3.63) is 66.0 Å². The van der Waals surface area contributed by atoms with Crippen LogP contribution in [0.25, 0.3) is 0 Å². The average molecular weight is 308 g/mol. The van der Waals surface area contributed by atoms with Crippen molar-refractivity contribution in [1.82, 2.24) is 15.6 Å². The lowest BCUT2D eigenvalue weighted by Gasteiger charge is -2.18. The Morgan fingerprint density at radius 2 is 1.87 bits per heavy atom. The number of guanidine groups is 1. The molecule has 3 rings (SSSR count). The molecule has 0 saturated heterocycles. The fourth-order valence-corrected chi connectivity index (χ4v) is 2.79. The Morgan fingerprint density at radius 1 is 1.09 bits per heavy atom. The molecular weight excluding hydrogens is 284 g/mol. The van der Waals surface area contributed by atoms with Crippen LogP contribution in [0.15, 0.2) is 59.7 Å². The van der Waals surface area contributed by atoms with Crippen molar-refractivity contribution in [1.29, 1.82) is 0 Å². The summed E-state index contributed by atoms with van der Waals surface area (Å²) in [5, 5.41) is 6.80. The van der Waals surface area contributed by atoms with Crippen molar-refractivity contribution in [2.45, 2.75) is 25.8 Å². The zero-order valence-electron chi connectivity index (χ0n) is 13.6. The van der Waals surface area contributed by atoms with Crippen LogP contribution in [0.1, 0.15) is 24.1 Å². The van der Waals surface area contributed by atoms with Crippen LogP contribution in [0.2, 0.25) is 0 Å². The average Bonchev–Trinajstić information content (AvgIpc) is 3.36.